The SMILES string of the molecule is Cc1c(NCc2ccc[nH]2)cnn1C. The number of nitrogens with one attached hydrogen (secondary N) is 2. The molecular formula is C10H14N4. The van der Waals surface area contributed by atoms with Crippen LogP contribution in [-0.2, 0) is 13.6 Å². The molecule has 4 heteroatoms. The van der Waals surface area contributed by atoms with E-state index in [-0.39, 0.29) is 0 Å². The topological polar surface area (TPSA) is 45.6 Å². The predicted molar refractivity (Wildman–Crippen MR) is 56.1 cm³/mol. The van der Waals surface area contributed by atoms with E-state index >= 15 is 0 Å². The molecule has 0 aromatic carbocycles. The lowest BCUT2D eigenvalue weighted by Crippen LogP contribution is -2.01. The summed E-state index contributed by atoms with van der Waals surface area (Å²) in [5.41, 5.74) is 3.41. The highest BCUT2D eigenvalue weighted by Gasteiger charge is 2.02. The number of aromatic nitrogens is 3. The summed E-state index contributed by atoms with van der Waals surface area (Å²) < 4.78 is 1.86. The van der Waals surface area contributed by atoms with E-state index in [2.05, 4.69) is 21.5 Å². The van der Waals surface area contributed by atoms with Crippen molar-refractivity contribution >= 4 is 5.69 Å². The van der Waals surface area contributed by atoms with E-state index in [0.29, 0.717) is 0 Å². The molecule has 0 bridgehead atoms. The van der Waals surface area contributed by atoms with E-state index in [1.165, 1.54) is 5.69 Å². The summed E-state index contributed by atoms with van der Waals surface area (Å²) >= 11 is 0. The highest BCUT2D eigenvalue weighted by Crippen LogP contribution is 2.12. The minimum atomic E-state index is 0.805. The Balaban J connectivity index is 2.02. The van der Waals surface area contributed by atoms with Crippen LogP contribution in [0.1, 0.15) is 11.4 Å². The number of rotatable bonds is 3. The van der Waals surface area contributed by atoms with Gasteiger partial charge in [0.25, 0.3) is 0 Å². The lowest BCUT2D eigenvalue weighted by Gasteiger charge is -2.03. The maximum absolute atomic E-state index is 4.16. The van der Waals surface area contributed by atoms with Gasteiger partial charge in [-0.3, -0.25) is 4.68 Å². The maximum Gasteiger partial charge on any atom is 0.0759 e. The Hall–Kier alpha value is -1.71. The lowest BCUT2D eigenvalue weighted by molar-refractivity contribution is 0.740. The van der Waals surface area contributed by atoms with Crippen LogP contribution < -0.4 is 5.32 Å². The predicted octanol–water partition coefficient (Wildman–Crippen LogP) is 1.67. The van der Waals surface area contributed by atoms with Crippen LogP contribution in [0.5, 0.6) is 0 Å². The molecule has 2 N–H and O–H groups in total. The summed E-state index contributed by atoms with van der Waals surface area (Å²) in [5.74, 6) is 0. The van der Waals surface area contributed by atoms with Gasteiger partial charge in [-0.15, -0.1) is 0 Å². The molecule has 0 fully saturated rings. The second-order valence-corrected chi connectivity index (χ2v) is 3.32. The Morgan fingerprint density at radius 1 is 1.57 bits per heavy atom. The maximum atomic E-state index is 4.16. The van der Waals surface area contributed by atoms with Crippen molar-refractivity contribution in [1.82, 2.24) is 14.8 Å². The summed E-state index contributed by atoms with van der Waals surface area (Å²) in [6.45, 7) is 2.85. The summed E-state index contributed by atoms with van der Waals surface area (Å²) in [6, 6.07) is 4.05. The summed E-state index contributed by atoms with van der Waals surface area (Å²) in [5, 5.41) is 7.48. The minimum Gasteiger partial charge on any atom is -0.377 e. The van der Waals surface area contributed by atoms with Crippen LogP contribution in [0.3, 0.4) is 0 Å². The third-order valence-corrected chi connectivity index (χ3v) is 2.37. The van der Waals surface area contributed by atoms with Crippen LogP contribution >= 0.6 is 0 Å². The van der Waals surface area contributed by atoms with Crippen LogP contribution in [0, 0.1) is 6.92 Å². The van der Waals surface area contributed by atoms with Gasteiger partial charge < -0.3 is 10.3 Å². The zero-order valence-corrected chi connectivity index (χ0v) is 8.41. The van der Waals surface area contributed by atoms with Crippen LogP contribution in [0.4, 0.5) is 5.69 Å². The second kappa shape index (κ2) is 3.57. The molecule has 2 aromatic heterocycles. The van der Waals surface area contributed by atoms with E-state index in [0.717, 1.165) is 17.9 Å². The normalized spacial score (nSPS) is 10.4. The first kappa shape index (κ1) is 8.87. The van der Waals surface area contributed by atoms with Gasteiger partial charge >= 0.3 is 0 Å². The zero-order valence-electron chi connectivity index (χ0n) is 8.41. The second-order valence-electron chi connectivity index (χ2n) is 3.32. The largest absolute Gasteiger partial charge is 0.377 e. The number of anilines is 1. The molecule has 0 aliphatic carbocycles. The molecule has 0 unspecified atom stereocenters. The lowest BCUT2D eigenvalue weighted by atomic mass is 10.3. The minimum absolute atomic E-state index is 0.805. The van der Waals surface area contributed by atoms with E-state index in [1.54, 1.807) is 0 Å². The Kier molecular flexibility index (Phi) is 2.26. The van der Waals surface area contributed by atoms with Crippen molar-refractivity contribution in [2.45, 2.75) is 13.5 Å². The number of aryl methyl sites for hydroxylation is 1. The van der Waals surface area contributed by atoms with E-state index in [9.17, 15) is 0 Å². The molecule has 0 aliphatic rings. The first-order valence-corrected chi connectivity index (χ1v) is 4.62. The fourth-order valence-electron chi connectivity index (χ4n) is 1.34. The first-order valence-electron chi connectivity index (χ1n) is 4.62. The van der Waals surface area contributed by atoms with Crippen LogP contribution in [0.2, 0.25) is 0 Å². The first-order chi connectivity index (χ1) is 6.77. The van der Waals surface area contributed by atoms with Crippen molar-refractivity contribution in [1.29, 1.82) is 0 Å². The summed E-state index contributed by atoms with van der Waals surface area (Å²) in [7, 11) is 1.94. The number of hydrogen-bond donors (Lipinski definition) is 2. The number of hydrogen-bond acceptors (Lipinski definition) is 2. The summed E-state index contributed by atoms with van der Waals surface area (Å²) in [6.07, 6.45) is 3.77. The Labute approximate surface area is 82.9 Å². The highest BCUT2D eigenvalue weighted by atomic mass is 15.3. The molecule has 2 heterocycles. The number of aromatic amines is 1. The van der Waals surface area contributed by atoms with Crippen LogP contribution in [0.25, 0.3) is 0 Å². The van der Waals surface area contributed by atoms with Gasteiger partial charge in [-0.25, -0.2) is 0 Å². The fourth-order valence-corrected chi connectivity index (χ4v) is 1.34. The van der Waals surface area contributed by atoms with Gasteiger partial charge in [0.05, 0.1) is 24.1 Å². The van der Waals surface area contributed by atoms with Crippen LogP contribution in [-0.4, -0.2) is 14.8 Å². The van der Waals surface area contributed by atoms with Crippen molar-refractivity contribution in [2.75, 3.05) is 5.32 Å². The average Bonchev–Trinajstić information content (AvgIpc) is 2.77. The molecule has 0 amide bonds. The van der Waals surface area contributed by atoms with Gasteiger partial charge in [-0.2, -0.15) is 5.10 Å². The van der Waals surface area contributed by atoms with Crippen molar-refractivity contribution < 1.29 is 0 Å². The van der Waals surface area contributed by atoms with Gasteiger partial charge in [0.15, 0.2) is 0 Å². The Morgan fingerprint density at radius 3 is 3.00 bits per heavy atom. The van der Waals surface area contributed by atoms with E-state index in [1.807, 2.05) is 37.1 Å². The molecule has 2 rings (SSSR count). The van der Waals surface area contributed by atoms with E-state index < -0.39 is 0 Å². The highest BCUT2D eigenvalue weighted by molar-refractivity contribution is 5.45. The molecule has 14 heavy (non-hydrogen) atoms. The molecule has 0 aliphatic heterocycles. The van der Waals surface area contributed by atoms with Gasteiger partial charge in [0, 0.05) is 18.9 Å². The van der Waals surface area contributed by atoms with Gasteiger partial charge in [-0.1, -0.05) is 0 Å². The van der Waals surface area contributed by atoms with Crippen molar-refractivity contribution in [3.63, 3.8) is 0 Å². The molecule has 0 saturated carbocycles. The third kappa shape index (κ3) is 1.64. The van der Waals surface area contributed by atoms with E-state index in [4.69, 9.17) is 0 Å². The Morgan fingerprint density at radius 2 is 2.43 bits per heavy atom. The standard InChI is InChI=1S/C10H14N4/c1-8-10(7-13-14(8)2)12-6-9-4-3-5-11-9/h3-5,7,11-12H,6H2,1-2H3. The van der Waals surface area contributed by atoms with Crippen LogP contribution in [0.15, 0.2) is 24.5 Å². The molecule has 2 aromatic rings. The zero-order chi connectivity index (χ0) is 9.97. The number of H-pyrrole nitrogens is 1. The molecule has 0 spiro atoms. The molecule has 0 saturated heterocycles. The van der Waals surface area contributed by atoms with Gasteiger partial charge in [-0.05, 0) is 19.1 Å². The molecule has 4 nitrogen and oxygen atoms in total. The molecule has 0 atom stereocenters. The van der Waals surface area contributed by atoms with Crippen molar-refractivity contribution in [3.8, 4) is 0 Å². The van der Waals surface area contributed by atoms with Crippen molar-refractivity contribution in [3.05, 3.63) is 35.9 Å². The molecular weight excluding hydrogens is 176 g/mol. The Bertz CT molecular complexity index is 400. The molecule has 0 radical (unpaired) electrons. The van der Waals surface area contributed by atoms with Gasteiger partial charge in [0.2, 0.25) is 0 Å². The monoisotopic (exact) mass is 190 g/mol. The fraction of sp³-hybridized carbons (Fsp3) is 0.300. The smallest absolute Gasteiger partial charge is 0.0759 e. The van der Waals surface area contributed by atoms with Crippen molar-refractivity contribution in [2.24, 2.45) is 7.05 Å². The summed E-state index contributed by atoms with van der Waals surface area (Å²) in [4.78, 5) is 3.14. The number of nitrogens with zero attached hydrogens (tertiary/aromatic N) is 2. The quantitative estimate of drug-likeness (QED) is 0.773. The molecule has 74 valence electrons. The van der Waals surface area contributed by atoms with Gasteiger partial charge in [0.1, 0.15) is 0 Å². The average molecular weight is 190 g/mol. The third-order valence-electron chi connectivity index (χ3n) is 2.37.